The van der Waals surface area contributed by atoms with Crippen molar-refractivity contribution in [2.75, 3.05) is 24.6 Å². The van der Waals surface area contributed by atoms with Crippen molar-refractivity contribution in [1.82, 2.24) is 4.72 Å². The van der Waals surface area contributed by atoms with Crippen LogP contribution in [0.3, 0.4) is 0 Å². The number of aryl methyl sites for hydroxylation is 1. The highest BCUT2D eigenvalue weighted by Gasteiger charge is 2.22. The number of anilines is 1. The van der Waals surface area contributed by atoms with Crippen LogP contribution in [-0.2, 0) is 21.2 Å². The number of benzene rings is 2. The number of rotatable bonds is 7. The number of amides is 1. The van der Waals surface area contributed by atoms with Gasteiger partial charge in [-0.2, -0.15) is 0 Å². The number of ether oxygens (including phenoxy) is 1. The molecule has 1 amide bonds. The Kier molecular flexibility index (Phi) is 6.13. The first-order valence-electron chi connectivity index (χ1n) is 9.12. The van der Waals surface area contributed by atoms with Crippen molar-refractivity contribution in [3.8, 4) is 5.75 Å². The number of carbonyl (C=O) groups is 1. The Morgan fingerprint density at radius 2 is 1.89 bits per heavy atom. The summed E-state index contributed by atoms with van der Waals surface area (Å²) in [5.74, 6) is 0.548. The molecule has 0 saturated carbocycles. The van der Waals surface area contributed by atoms with Gasteiger partial charge in [0.25, 0.3) is 0 Å². The number of nitrogens with one attached hydrogen (secondary N) is 1. The zero-order valence-electron chi connectivity index (χ0n) is 15.3. The summed E-state index contributed by atoms with van der Waals surface area (Å²) >= 11 is 0. The second kappa shape index (κ2) is 8.54. The lowest BCUT2D eigenvalue weighted by Gasteiger charge is -2.29. The third-order valence-corrected chi connectivity index (χ3v) is 5.96. The summed E-state index contributed by atoms with van der Waals surface area (Å²) in [5, 5.41) is 0. The van der Waals surface area contributed by atoms with E-state index in [1.807, 2.05) is 31.2 Å². The van der Waals surface area contributed by atoms with Gasteiger partial charge in [-0.25, -0.2) is 13.1 Å². The normalized spacial score (nSPS) is 13.9. The maximum Gasteiger partial charge on any atom is 0.240 e. The largest absolute Gasteiger partial charge is 0.494 e. The Morgan fingerprint density at radius 1 is 1.15 bits per heavy atom. The average Bonchev–Trinajstić information content (AvgIpc) is 2.68. The molecule has 0 radical (unpaired) electrons. The molecule has 0 fully saturated rings. The Balaban J connectivity index is 1.58. The highest BCUT2D eigenvalue weighted by Crippen LogP contribution is 2.27. The highest BCUT2D eigenvalue weighted by molar-refractivity contribution is 7.89. The average molecular weight is 388 g/mol. The summed E-state index contributed by atoms with van der Waals surface area (Å²) in [6.07, 6.45) is 2.00. The summed E-state index contributed by atoms with van der Waals surface area (Å²) in [6, 6.07) is 14.1. The smallest absolute Gasteiger partial charge is 0.240 e. The molecule has 144 valence electrons. The number of hydrogen-bond donors (Lipinski definition) is 1. The third-order valence-electron chi connectivity index (χ3n) is 4.49. The van der Waals surface area contributed by atoms with Crippen LogP contribution in [0.4, 0.5) is 5.69 Å². The van der Waals surface area contributed by atoms with Crippen LogP contribution in [0.25, 0.3) is 0 Å². The maximum atomic E-state index is 12.6. The van der Waals surface area contributed by atoms with Gasteiger partial charge < -0.3 is 9.64 Å². The molecule has 0 aromatic heterocycles. The number of para-hydroxylation sites is 1. The van der Waals surface area contributed by atoms with Gasteiger partial charge in [-0.15, -0.1) is 0 Å². The predicted octanol–water partition coefficient (Wildman–Crippen LogP) is 2.73. The standard InChI is InChI=1S/C20H24N2O4S/c1-2-26-17-9-11-18(12-10-17)27(24,25)21-14-13-20(23)22-15-5-7-16-6-3-4-8-19(16)22/h3-4,6,8-12,21H,2,5,7,13-15H2,1H3. The fourth-order valence-electron chi connectivity index (χ4n) is 3.18. The molecule has 1 aliphatic heterocycles. The van der Waals surface area contributed by atoms with E-state index in [0.29, 0.717) is 18.9 Å². The van der Waals surface area contributed by atoms with E-state index in [2.05, 4.69) is 4.72 Å². The Labute approximate surface area is 160 Å². The minimum atomic E-state index is -3.66. The van der Waals surface area contributed by atoms with Gasteiger partial charge in [-0.3, -0.25) is 4.79 Å². The molecule has 0 spiro atoms. The molecule has 0 unspecified atom stereocenters. The first-order valence-corrected chi connectivity index (χ1v) is 10.6. The molecule has 0 aliphatic carbocycles. The highest BCUT2D eigenvalue weighted by atomic mass is 32.2. The van der Waals surface area contributed by atoms with E-state index in [1.54, 1.807) is 17.0 Å². The van der Waals surface area contributed by atoms with Crippen LogP contribution in [0.5, 0.6) is 5.75 Å². The monoisotopic (exact) mass is 388 g/mol. The number of hydrogen-bond acceptors (Lipinski definition) is 4. The van der Waals surface area contributed by atoms with E-state index in [4.69, 9.17) is 4.74 Å². The fraction of sp³-hybridized carbons (Fsp3) is 0.350. The molecule has 2 aromatic rings. The lowest BCUT2D eigenvalue weighted by Crippen LogP contribution is -2.37. The van der Waals surface area contributed by atoms with Gasteiger partial charge in [-0.05, 0) is 55.7 Å². The minimum Gasteiger partial charge on any atom is -0.494 e. The van der Waals surface area contributed by atoms with Crippen molar-refractivity contribution in [2.24, 2.45) is 0 Å². The molecular weight excluding hydrogens is 364 g/mol. The molecule has 0 atom stereocenters. The first-order chi connectivity index (χ1) is 13.0. The number of carbonyl (C=O) groups excluding carboxylic acids is 1. The van der Waals surface area contributed by atoms with Crippen molar-refractivity contribution in [1.29, 1.82) is 0 Å². The Hall–Kier alpha value is -2.38. The van der Waals surface area contributed by atoms with E-state index in [1.165, 1.54) is 12.1 Å². The van der Waals surface area contributed by atoms with E-state index in [-0.39, 0.29) is 23.8 Å². The van der Waals surface area contributed by atoms with Crippen LogP contribution in [0.2, 0.25) is 0 Å². The predicted molar refractivity (Wildman–Crippen MR) is 105 cm³/mol. The second-order valence-corrected chi connectivity index (χ2v) is 8.10. The zero-order chi connectivity index (χ0) is 19.3. The Morgan fingerprint density at radius 3 is 2.63 bits per heavy atom. The SMILES string of the molecule is CCOc1ccc(S(=O)(=O)NCCC(=O)N2CCCc3ccccc32)cc1. The van der Waals surface area contributed by atoms with E-state index in [0.717, 1.165) is 24.1 Å². The molecule has 7 heteroatoms. The molecule has 2 aromatic carbocycles. The van der Waals surface area contributed by atoms with Crippen molar-refractivity contribution in [3.05, 3.63) is 54.1 Å². The lowest BCUT2D eigenvalue weighted by molar-refractivity contribution is -0.118. The van der Waals surface area contributed by atoms with E-state index in [9.17, 15) is 13.2 Å². The van der Waals surface area contributed by atoms with Gasteiger partial charge in [0.15, 0.2) is 0 Å². The van der Waals surface area contributed by atoms with Gasteiger partial charge >= 0.3 is 0 Å². The topological polar surface area (TPSA) is 75.7 Å². The first kappa shape index (κ1) is 19.4. The summed E-state index contributed by atoms with van der Waals surface area (Å²) in [6.45, 7) is 3.12. The molecular formula is C20H24N2O4S. The van der Waals surface area contributed by atoms with Crippen molar-refractivity contribution >= 4 is 21.6 Å². The van der Waals surface area contributed by atoms with E-state index >= 15 is 0 Å². The molecule has 0 bridgehead atoms. The molecule has 1 aliphatic rings. The second-order valence-electron chi connectivity index (χ2n) is 6.33. The molecule has 1 N–H and O–H groups in total. The van der Waals surface area contributed by atoms with Gasteiger partial charge in [0, 0.05) is 25.2 Å². The molecule has 0 saturated heterocycles. The van der Waals surface area contributed by atoms with Gasteiger partial charge in [0.2, 0.25) is 15.9 Å². The summed E-state index contributed by atoms with van der Waals surface area (Å²) in [4.78, 5) is 14.5. The van der Waals surface area contributed by atoms with Crippen LogP contribution in [0.1, 0.15) is 25.3 Å². The van der Waals surface area contributed by atoms with Crippen molar-refractivity contribution in [2.45, 2.75) is 31.1 Å². The van der Waals surface area contributed by atoms with Crippen LogP contribution >= 0.6 is 0 Å². The molecule has 6 nitrogen and oxygen atoms in total. The summed E-state index contributed by atoms with van der Waals surface area (Å²) in [5.41, 5.74) is 2.09. The Bertz CT molecular complexity index is 894. The van der Waals surface area contributed by atoms with Crippen LogP contribution in [0, 0.1) is 0 Å². The fourth-order valence-corrected chi connectivity index (χ4v) is 4.22. The molecule has 3 rings (SSSR count). The summed E-state index contributed by atoms with van der Waals surface area (Å²) < 4.78 is 32.6. The molecule has 27 heavy (non-hydrogen) atoms. The van der Waals surface area contributed by atoms with E-state index < -0.39 is 10.0 Å². The van der Waals surface area contributed by atoms with Crippen molar-refractivity contribution in [3.63, 3.8) is 0 Å². The van der Waals surface area contributed by atoms with Crippen LogP contribution in [-0.4, -0.2) is 34.0 Å². The summed E-state index contributed by atoms with van der Waals surface area (Å²) in [7, 11) is -3.66. The van der Waals surface area contributed by atoms with Gasteiger partial charge in [0.1, 0.15) is 5.75 Å². The number of fused-ring (bicyclic) bond motifs is 1. The third kappa shape index (κ3) is 4.67. The van der Waals surface area contributed by atoms with Crippen molar-refractivity contribution < 1.29 is 17.9 Å². The zero-order valence-corrected chi connectivity index (χ0v) is 16.2. The minimum absolute atomic E-state index is 0.0625. The van der Waals surface area contributed by atoms with Gasteiger partial charge in [0.05, 0.1) is 11.5 Å². The maximum absolute atomic E-state index is 12.6. The quantitative estimate of drug-likeness (QED) is 0.791. The van der Waals surface area contributed by atoms with Gasteiger partial charge in [-0.1, -0.05) is 18.2 Å². The molecule has 1 heterocycles. The van der Waals surface area contributed by atoms with Crippen LogP contribution < -0.4 is 14.4 Å². The number of sulfonamides is 1. The van der Waals surface area contributed by atoms with Crippen LogP contribution in [0.15, 0.2) is 53.4 Å². The lowest BCUT2D eigenvalue weighted by atomic mass is 10.0. The number of nitrogens with zero attached hydrogens (tertiary/aromatic N) is 1.